The highest BCUT2D eigenvalue weighted by Gasteiger charge is 2.34. The van der Waals surface area contributed by atoms with E-state index in [1.54, 1.807) is 56.5 Å². The molecule has 2 amide bonds. The molecule has 0 saturated carbocycles. The first kappa shape index (κ1) is 32.9. The van der Waals surface area contributed by atoms with E-state index in [1.165, 1.54) is 17.0 Å². The maximum Gasteiger partial charge on any atom is 0.264 e. The number of nitrogens with zero attached hydrogens (tertiary/aromatic N) is 2. The fourth-order valence-corrected chi connectivity index (χ4v) is 6.25. The van der Waals surface area contributed by atoms with Crippen LogP contribution >= 0.6 is 11.6 Å². The highest BCUT2D eigenvalue weighted by atomic mass is 35.5. The molecular weight excluding hydrogens is 574 g/mol. The van der Waals surface area contributed by atoms with E-state index in [1.807, 2.05) is 32.9 Å². The standard InChI is InChI=1S/C32H40ClN3O5S/c1-6-8-19-34-32(38)29(7-2)35(21-25-11-9-12-26(20-25)41-5)31(37)22-36(30-14-10-13-28(33)24(30)4)42(39,40)27-17-15-23(3)16-18-27/h9-18,20,29H,6-8,19,21-22H2,1-5H3,(H,34,38)/t29-/m1/s1. The topological polar surface area (TPSA) is 96.0 Å². The van der Waals surface area contributed by atoms with Crippen LogP contribution in [0.3, 0.4) is 0 Å². The molecule has 3 aromatic carbocycles. The lowest BCUT2D eigenvalue weighted by molar-refractivity contribution is -0.140. The van der Waals surface area contributed by atoms with Gasteiger partial charge >= 0.3 is 0 Å². The first-order valence-electron chi connectivity index (χ1n) is 14.1. The molecule has 1 atom stereocenters. The number of halogens is 1. The van der Waals surface area contributed by atoms with Crippen LogP contribution in [0.1, 0.15) is 49.8 Å². The van der Waals surface area contributed by atoms with Crippen molar-refractivity contribution in [2.75, 3.05) is 24.5 Å². The summed E-state index contributed by atoms with van der Waals surface area (Å²) in [6.45, 7) is 7.49. The highest BCUT2D eigenvalue weighted by Crippen LogP contribution is 2.31. The Kier molecular flexibility index (Phi) is 11.8. The van der Waals surface area contributed by atoms with Gasteiger partial charge in [-0.1, -0.05) is 67.8 Å². The van der Waals surface area contributed by atoms with Gasteiger partial charge in [0.05, 0.1) is 17.7 Å². The molecule has 0 unspecified atom stereocenters. The van der Waals surface area contributed by atoms with Gasteiger partial charge in [0.1, 0.15) is 18.3 Å². The Morgan fingerprint density at radius 3 is 2.33 bits per heavy atom. The SMILES string of the molecule is CCCCNC(=O)[C@@H](CC)N(Cc1cccc(OC)c1)C(=O)CN(c1cccc(Cl)c1C)S(=O)(=O)c1ccc(C)cc1. The zero-order chi connectivity index (χ0) is 30.9. The fraction of sp³-hybridized carbons (Fsp3) is 0.375. The number of hydrogen-bond acceptors (Lipinski definition) is 5. The number of carbonyl (C=O) groups excluding carboxylic acids is 2. The van der Waals surface area contributed by atoms with Crippen molar-refractivity contribution in [2.45, 2.75) is 64.4 Å². The van der Waals surface area contributed by atoms with Crippen LogP contribution in [0.5, 0.6) is 5.75 Å². The third-order valence-electron chi connectivity index (χ3n) is 7.10. The lowest BCUT2D eigenvalue weighted by Crippen LogP contribution is -2.52. The third kappa shape index (κ3) is 8.04. The number of carbonyl (C=O) groups is 2. The highest BCUT2D eigenvalue weighted by molar-refractivity contribution is 7.92. The second kappa shape index (κ2) is 15.1. The van der Waals surface area contributed by atoms with Crippen molar-refractivity contribution in [3.8, 4) is 5.75 Å². The van der Waals surface area contributed by atoms with E-state index < -0.39 is 28.5 Å². The number of amides is 2. The number of sulfonamides is 1. The molecule has 1 N–H and O–H groups in total. The molecule has 0 aliphatic carbocycles. The Balaban J connectivity index is 2.09. The van der Waals surface area contributed by atoms with Crippen LogP contribution in [0.15, 0.2) is 71.6 Å². The van der Waals surface area contributed by atoms with Gasteiger partial charge in [0.15, 0.2) is 0 Å². The van der Waals surface area contributed by atoms with Crippen LogP contribution in [0.2, 0.25) is 5.02 Å². The number of rotatable bonds is 14. The van der Waals surface area contributed by atoms with E-state index in [-0.39, 0.29) is 17.3 Å². The smallest absolute Gasteiger partial charge is 0.264 e. The van der Waals surface area contributed by atoms with Gasteiger partial charge in [0.2, 0.25) is 11.8 Å². The number of methoxy groups -OCH3 is 1. The number of nitrogens with one attached hydrogen (secondary N) is 1. The normalized spacial score (nSPS) is 12.0. The molecule has 0 radical (unpaired) electrons. The average molecular weight is 614 g/mol. The lowest BCUT2D eigenvalue weighted by Gasteiger charge is -2.33. The minimum atomic E-state index is -4.19. The molecule has 0 heterocycles. The average Bonchev–Trinajstić information content (AvgIpc) is 2.97. The van der Waals surface area contributed by atoms with Crippen LogP contribution in [-0.2, 0) is 26.2 Å². The number of unbranched alkanes of at least 4 members (excludes halogenated alkanes) is 1. The van der Waals surface area contributed by atoms with Gasteiger partial charge in [-0.15, -0.1) is 0 Å². The van der Waals surface area contributed by atoms with Gasteiger partial charge in [-0.05, 0) is 74.2 Å². The van der Waals surface area contributed by atoms with E-state index in [0.717, 1.165) is 28.3 Å². The summed E-state index contributed by atoms with van der Waals surface area (Å²) in [4.78, 5) is 29.1. The summed E-state index contributed by atoms with van der Waals surface area (Å²) >= 11 is 6.40. The zero-order valence-electron chi connectivity index (χ0n) is 24.9. The van der Waals surface area contributed by atoms with Crippen LogP contribution in [0.25, 0.3) is 0 Å². The van der Waals surface area contributed by atoms with Crippen molar-refractivity contribution in [3.63, 3.8) is 0 Å². The van der Waals surface area contributed by atoms with Crippen molar-refractivity contribution in [1.82, 2.24) is 10.2 Å². The summed E-state index contributed by atoms with van der Waals surface area (Å²) in [6.07, 6.45) is 2.06. The molecule has 10 heteroatoms. The molecule has 3 rings (SSSR count). The molecule has 0 aromatic heterocycles. The van der Waals surface area contributed by atoms with Gasteiger partial charge in [0.25, 0.3) is 10.0 Å². The maximum atomic E-state index is 14.2. The van der Waals surface area contributed by atoms with Crippen LogP contribution in [0, 0.1) is 13.8 Å². The predicted molar refractivity (Wildman–Crippen MR) is 167 cm³/mol. The summed E-state index contributed by atoms with van der Waals surface area (Å²) in [5, 5.41) is 3.31. The number of hydrogen-bond donors (Lipinski definition) is 1. The molecule has 226 valence electrons. The largest absolute Gasteiger partial charge is 0.497 e. The van der Waals surface area contributed by atoms with Crippen LogP contribution in [-0.4, -0.2) is 51.4 Å². The Morgan fingerprint density at radius 1 is 1.00 bits per heavy atom. The molecule has 0 aliphatic heterocycles. The summed E-state index contributed by atoms with van der Waals surface area (Å²) < 4.78 is 34.6. The molecule has 0 fully saturated rings. The Hall–Kier alpha value is -3.56. The molecule has 42 heavy (non-hydrogen) atoms. The summed E-state index contributed by atoms with van der Waals surface area (Å²) in [5.74, 6) is -0.196. The first-order chi connectivity index (χ1) is 20.0. The van der Waals surface area contributed by atoms with Gasteiger partial charge in [0, 0.05) is 18.1 Å². The van der Waals surface area contributed by atoms with E-state index in [9.17, 15) is 18.0 Å². The monoisotopic (exact) mass is 613 g/mol. The molecule has 0 spiro atoms. The van der Waals surface area contributed by atoms with E-state index >= 15 is 0 Å². The molecule has 0 aliphatic rings. The second-order valence-corrected chi connectivity index (χ2v) is 12.4. The van der Waals surface area contributed by atoms with Crippen molar-refractivity contribution in [3.05, 3.63) is 88.4 Å². The van der Waals surface area contributed by atoms with Crippen molar-refractivity contribution in [1.29, 1.82) is 0 Å². The second-order valence-electron chi connectivity index (χ2n) is 10.2. The van der Waals surface area contributed by atoms with Gasteiger partial charge in [-0.25, -0.2) is 8.42 Å². The van der Waals surface area contributed by atoms with Crippen molar-refractivity contribution < 1.29 is 22.7 Å². The molecular formula is C32H40ClN3O5S. The van der Waals surface area contributed by atoms with Crippen molar-refractivity contribution >= 4 is 39.1 Å². The molecule has 0 saturated heterocycles. The van der Waals surface area contributed by atoms with Crippen LogP contribution < -0.4 is 14.4 Å². The summed E-state index contributed by atoms with van der Waals surface area (Å²) in [7, 11) is -2.63. The molecule has 8 nitrogen and oxygen atoms in total. The maximum absolute atomic E-state index is 14.2. The minimum absolute atomic E-state index is 0.0453. The summed E-state index contributed by atoms with van der Waals surface area (Å²) in [6, 6.07) is 17.8. The minimum Gasteiger partial charge on any atom is -0.497 e. The third-order valence-corrected chi connectivity index (χ3v) is 9.28. The Labute approximate surface area is 254 Å². The molecule has 3 aromatic rings. The number of benzene rings is 3. The Bertz CT molecular complexity index is 1480. The zero-order valence-corrected chi connectivity index (χ0v) is 26.5. The summed E-state index contributed by atoms with van der Waals surface area (Å²) in [5.41, 5.74) is 2.46. The number of ether oxygens (including phenoxy) is 1. The fourth-order valence-electron chi connectivity index (χ4n) is 4.61. The predicted octanol–water partition coefficient (Wildman–Crippen LogP) is 5.88. The van der Waals surface area contributed by atoms with Crippen LogP contribution in [0.4, 0.5) is 5.69 Å². The van der Waals surface area contributed by atoms with Gasteiger partial charge in [-0.3, -0.25) is 13.9 Å². The number of anilines is 1. The first-order valence-corrected chi connectivity index (χ1v) is 15.9. The van der Waals surface area contributed by atoms with E-state index in [2.05, 4.69) is 5.32 Å². The van der Waals surface area contributed by atoms with E-state index in [4.69, 9.17) is 16.3 Å². The Morgan fingerprint density at radius 2 is 1.69 bits per heavy atom. The van der Waals surface area contributed by atoms with Crippen molar-refractivity contribution in [2.24, 2.45) is 0 Å². The van der Waals surface area contributed by atoms with Gasteiger partial charge < -0.3 is 15.0 Å². The quantitative estimate of drug-likeness (QED) is 0.229. The molecule has 0 bridgehead atoms. The van der Waals surface area contributed by atoms with E-state index in [0.29, 0.717) is 35.0 Å². The van der Waals surface area contributed by atoms with Gasteiger partial charge in [-0.2, -0.15) is 0 Å². The lowest BCUT2D eigenvalue weighted by atomic mass is 10.1. The number of aryl methyl sites for hydroxylation is 1.